The number of ether oxygens (including phenoxy) is 3. The molecule has 1 aliphatic heterocycles. The molecule has 2 aromatic carbocycles. The van der Waals surface area contributed by atoms with Crippen LogP contribution in [0.1, 0.15) is 64.1 Å². The monoisotopic (exact) mass is 538 g/mol. The van der Waals surface area contributed by atoms with E-state index in [0.29, 0.717) is 54.7 Å². The second-order valence-electron chi connectivity index (χ2n) is 9.51. The molecule has 0 radical (unpaired) electrons. The number of methoxy groups -OCH3 is 1. The molecular weight excluding hydrogens is 496 g/mol. The van der Waals surface area contributed by atoms with E-state index >= 15 is 0 Å². The number of ketones is 1. The predicted octanol–water partition coefficient (Wildman–Crippen LogP) is 5.43. The first-order chi connectivity index (χ1) is 18.9. The number of rotatable bonds is 15. The third kappa shape index (κ3) is 7.12. The number of carbonyl (C=O) groups is 2. The summed E-state index contributed by atoms with van der Waals surface area (Å²) in [5.41, 5.74) is 1.13. The van der Waals surface area contributed by atoms with E-state index in [0.717, 1.165) is 32.4 Å². The van der Waals surface area contributed by atoms with Crippen LogP contribution in [-0.4, -0.2) is 73.1 Å². The number of aliphatic hydroxyl groups excluding tert-OH is 1. The summed E-state index contributed by atoms with van der Waals surface area (Å²) in [6.45, 7) is 11.9. The van der Waals surface area contributed by atoms with Crippen molar-refractivity contribution in [2.45, 2.75) is 53.0 Å². The van der Waals surface area contributed by atoms with Gasteiger partial charge in [-0.2, -0.15) is 0 Å². The molecule has 0 aliphatic carbocycles. The number of unbranched alkanes of at least 4 members (excludes halogenated alkanes) is 1. The first kappa shape index (κ1) is 30.0. The van der Waals surface area contributed by atoms with Crippen molar-refractivity contribution in [3.8, 4) is 17.2 Å². The molecule has 1 fully saturated rings. The van der Waals surface area contributed by atoms with E-state index in [1.807, 2.05) is 13.0 Å². The number of aliphatic hydroxyl groups is 1. The van der Waals surface area contributed by atoms with Gasteiger partial charge in [-0.25, -0.2) is 0 Å². The quantitative estimate of drug-likeness (QED) is 0.140. The Morgan fingerprint density at radius 3 is 2.38 bits per heavy atom. The van der Waals surface area contributed by atoms with Crippen molar-refractivity contribution in [3.63, 3.8) is 0 Å². The predicted molar refractivity (Wildman–Crippen MR) is 152 cm³/mol. The van der Waals surface area contributed by atoms with E-state index in [4.69, 9.17) is 14.2 Å². The van der Waals surface area contributed by atoms with Gasteiger partial charge in [-0.05, 0) is 55.8 Å². The molecule has 8 heteroatoms. The lowest BCUT2D eigenvalue weighted by molar-refractivity contribution is -0.140. The van der Waals surface area contributed by atoms with Gasteiger partial charge >= 0.3 is 0 Å². The summed E-state index contributed by atoms with van der Waals surface area (Å²) in [6.07, 6.45) is 2.76. The second kappa shape index (κ2) is 14.6. The molecule has 0 aromatic heterocycles. The van der Waals surface area contributed by atoms with E-state index in [1.165, 1.54) is 0 Å². The molecule has 1 N–H and O–H groups in total. The van der Waals surface area contributed by atoms with E-state index in [2.05, 4.69) is 25.7 Å². The molecule has 1 atom stereocenters. The van der Waals surface area contributed by atoms with Crippen molar-refractivity contribution >= 4 is 17.4 Å². The third-order valence-electron chi connectivity index (χ3n) is 6.93. The molecular formula is C31H42N2O6. The molecule has 39 heavy (non-hydrogen) atoms. The van der Waals surface area contributed by atoms with Crippen molar-refractivity contribution in [1.29, 1.82) is 0 Å². The van der Waals surface area contributed by atoms with E-state index in [1.54, 1.807) is 48.4 Å². The largest absolute Gasteiger partial charge is 0.507 e. The summed E-state index contributed by atoms with van der Waals surface area (Å²) in [5, 5.41) is 11.5. The number of likely N-dealkylation sites (tertiary alicyclic amines) is 1. The smallest absolute Gasteiger partial charge is 0.295 e. The number of likely N-dealkylation sites (N-methyl/N-ethyl adjacent to an activating group) is 1. The van der Waals surface area contributed by atoms with Gasteiger partial charge in [0.15, 0.2) is 11.5 Å². The SMILES string of the molecule is CCCCOc1ccc(C2C(=C(O)c3cccc(OCCC)c3)C(=O)C(=O)N2CCN(CC)CC)cc1OC. The van der Waals surface area contributed by atoms with Gasteiger partial charge in [0.05, 0.1) is 31.9 Å². The molecule has 0 bridgehead atoms. The number of amides is 1. The Labute approximate surface area is 232 Å². The Hall–Kier alpha value is -3.52. The van der Waals surface area contributed by atoms with Crippen molar-refractivity contribution in [2.24, 2.45) is 0 Å². The number of carbonyl (C=O) groups excluding carboxylic acids is 2. The van der Waals surface area contributed by atoms with Crippen LogP contribution in [-0.2, 0) is 9.59 Å². The highest BCUT2D eigenvalue weighted by molar-refractivity contribution is 6.46. The molecule has 1 saturated heterocycles. The van der Waals surface area contributed by atoms with Crippen LogP contribution in [0.15, 0.2) is 48.0 Å². The van der Waals surface area contributed by atoms with Crippen LogP contribution in [0, 0.1) is 0 Å². The average molecular weight is 539 g/mol. The number of Topliss-reactive ketones (excluding diaryl/α,β-unsaturated/α-hetero) is 1. The van der Waals surface area contributed by atoms with Crippen LogP contribution in [0.4, 0.5) is 0 Å². The highest BCUT2D eigenvalue weighted by Crippen LogP contribution is 2.42. The number of nitrogens with zero attached hydrogens (tertiary/aromatic N) is 2. The highest BCUT2D eigenvalue weighted by Gasteiger charge is 2.46. The van der Waals surface area contributed by atoms with Gasteiger partial charge in [0.1, 0.15) is 11.5 Å². The van der Waals surface area contributed by atoms with Crippen molar-refractivity contribution < 1.29 is 28.9 Å². The fourth-order valence-electron chi connectivity index (χ4n) is 4.65. The zero-order chi connectivity index (χ0) is 28.4. The third-order valence-corrected chi connectivity index (χ3v) is 6.93. The summed E-state index contributed by atoms with van der Waals surface area (Å²) < 4.78 is 17.2. The molecule has 2 aromatic rings. The summed E-state index contributed by atoms with van der Waals surface area (Å²) in [4.78, 5) is 30.5. The molecule has 1 unspecified atom stereocenters. The Bertz CT molecular complexity index is 1160. The maximum Gasteiger partial charge on any atom is 0.295 e. The van der Waals surface area contributed by atoms with Crippen LogP contribution >= 0.6 is 0 Å². The van der Waals surface area contributed by atoms with E-state index in [9.17, 15) is 14.7 Å². The zero-order valence-electron chi connectivity index (χ0n) is 23.9. The fourth-order valence-corrected chi connectivity index (χ4v) is 4.65. The lowest BCUT2D eigenvalue weighted by Crippen LogP contribution is -2.38. The topological polar surface area (TPSA) is 88.5 Å². The summed E-state index contributed by atoms with van der Waals surface area (Å²) in [6, 6.07) is 11.6. The van der Waals surface area contributed by atoms with Gasteiger partial charge in [-0.15, -0.1) is 0 Å². The van der Waals surface area contributed by atoms with Gasteiger partial charge in [0, 0.05) is 18.7 Å². The minimum Gasteiger partial charge on any atom is -0.507 e. The molecule has 3 rings (SSSR count). The molecule has 1 heterocycles. The van der Waals surface area contributed by atoms with E-state index < -0.39 is 17.7 Å². The summed E-state index contributed by atoms with van der Waals surface area (Å²) >= 11 is 0. The van der Waals surface area contributed by atoms with Crippen LogP contribution < -0.4 is 14.2 Å². The minimum absolute atomic E-state index is 0.0499. The molecule has 0 spiro atoms. The highest BCUT2D eigenvalue weighted by atomic mass is 16.5. The minimum atomic E-state index is -0.778. The molecule has 8 nitrogen and oxygen atoms in total. The first-order valence-corrected chi connectivity index (χ1v) is 13.9. The summed E-state index contributed by atoms with van der Waals surface area (Å²) in [7, 11) is 1.56. The van der Waals surface area contributed by atoms with Gasteiger partial charge in [-0.1, -0.05) is 52.3 Å². The average Bonchev–Trinajstić information content (AvgIpc) is 3.21. The zero-order valence-corrected chi connectivity index (χ0v) is 23.9. The van der Waals surface area contributed by atoms with Gasteiger partial charge in [-0.3, -0.25) is 9.59 Å². The Morgan fingerprint density at radius 1 is 0.949 bits per heavy atom. The van der Waals surface area contributed by atoms with Crippen molar-refractivity contribution in [3.05, 3.63) is 59.2 Å². The Kier molecular flexibility index (Phi) is 11.2. The number of benzene rings is 2. The van der Waals surface area contributed by atoms with Crippen LogP contribution in [0.5, 0.6) is 17.2 Å². The normalized spacial score (nSPS) is 16.7. The lowest BCUT2D eigenvalue weighted by Gasteiger charge is -2.28. The Balaban J connectivity index is 2.10. The van der Waals surface area contributed by atoms with Crippen LogP contribution in [0.2, 0.25) is 0 Å². The molecule has 1 aliphatic rings. The van der Waals surface area contributed by atoms with Gasteiger partial charge < -0.3 is 29.1 Å². The standard InChI is InChI=1S/C31H42N2O6/c1-6-10-19-39-25-15-14-22(21-26(25)37-5)28-27(29(34)23-12-11-13-24(20-23)38-18-7-2)30(35)31(36)33(28)17-16-32(8-3)9-4/h11-15,20-21,28,34H,6-10,16-19H2,1-5H3. The first-order valence-electron chi connectivity index (χ1n) is 13.9. The van der Waals surface area contributed by atoms with Crippen molar-refractivity contribution in [2.75, 3.05) is 46.5 Å². The number of hydrogen-bond donors (Lipinski definition) is 1. The van der Waals surface area contributed by atoms with E-state index in [-0.39, 0.29) is 11.3 Å². The van der Waals surface area contributed by atoms with Crippen molar-refractivity contribution in [1.82, 2.24) is 9.80 Å². The summed E-state index contributed by atoms with van der Waals surface area (Å²) in [5.74, 6) is 0.119. The molecule has 212 valence electrons. The van der Waals surface area contributed by atoms with Gasteiger partial charge in [0.2, 0.25) is 0 Å². The van der Waals surface area contributed by atoms with Crippen LogP contribution in [0.25, 0.3) is 5.76 Å². The van der Waals surface area contributed by atoms with Gasteiger partial charge in [0.25, 0.3) is 11.7 Å². The Morgan fingerprint density at radius 2 is 1.72 bits per heavy atom. The lowest BCUT2D eigenvalue weighted by atomic mass is 9.95. The maximum absolute atomic E-state index is 13.4. The second-order valence-corrected chi connectivity index (χ2v) is 9.51. The molecule has 0 saturated carbocycles. The maximum atomic E-state index is 13.4. The molecule has 1 amide bonds. The van der Waals surface area contributed by atoms with Crippen LogP contribution in [0.3, 0.4) is 0 Å². The number of hydrogen-bond acceptors (Lipinski definition) is 7. The fraction of sp³-hybridized carbons (Fsp3) is 0.484.